The van der Waals surface area contributed by atoms with Crippen LogP contribution in [0.5, 0.6) is 0 Å². The van der Waals surface area contributed by atoms with Crippen LogP contribution in [0.1, 0.15) is 5.56 Å². The Kier molecular flexibility index (Phi) is 7.28. The van der Waals surface area contributed by atoms with Crippen molar-refractivity contribution in [2.75, 3.05) is 18.5 Å². The molecule has 0 spiro atoms. The van der Waals surface area contributed by atoms with Crippen molar-refractivity contribution in [2.24, 2.45) is 0 Å². The van der Waals surface area contributed by atoms with Gasteiger partial charge in [0, 0.05) is 25.0 Å². The van der Waals surface area contributed by atoms with Crippen LogP contribution in [0, 0.1) is 11.3 Å². The monoisotopic (exact) mass is 401 g/mol. The molecule has 2 aromatic rings. The summed E-state index contributed by atoms with van der Waals surface area (Å²) in [5, 5.41) is 21.1. The average molecular weight is 401 g/mol. The first-order chi connectivity index (χ1) is 13.3. The Bertz CT molecular complexity index is 980. The van der Waals surface area contributed by atoms with Crippen LogP contribution in [0.3, 0.4) is 0 Å². The van der Waals surface area contributed by atoms with E-state index < -0.39 is 16.0 Å². The van der Waals surface area contributed by atoms with Crippen molar-refractivity contribution in [1.29, 1.82) is 5.26 Å². The predicted octanol–water partition coefficient (Wildman–Crippen LogP) is 1.77. The van der Waals surface area contributed by atoms with E-state index >= 15 is 0 Å². The van der Waals surface area contributed by atoms with Gasteiger partial charge in [-0.15, -0.1) is 0 Å². The Morgan fingerprint density at radius 1 is 1.14 bits per heavy atom. The van der Waals surface area contributed by atoms with Gasteiger partial charge < -0.3 is 15.3 Å². The van der Waals surface area contributed by atoms with Crippen LogP contribution in [-0.4, -0.2) is 42.0 Å². The number of anilines is 1. The molecule has 0 atom stereocenters. The zero-order valence-electron chi connectivity index (χ0n) is 14.8. The molecule has 1 amide bonds. The molecule has 0 radical (unpaired) electrons. The zero-order valence-corrected chi connectivity index (χ0v) is 15.6. The van der Waals surface area contributed by atoms with Crippen molar-refractivity contribution in [2.45, 2.75) is 11.4 Å². The summed E-state index contributed by atoms with van der Waals surface area (Å²) in [5.74, 6) is -0.682. The third kappa shape index (κ3) is 6.21. The summed E-state index contributed by atoms with van der Waals surface area (Å²) in [5.41, 5.74) is 1.03. The van der Waals surface area contributed by atoms with Crippen molar-refractivity contribution in [3.63, 3.8) is 0 Å². The molecule has 2 rings (SSSR count). The lowest BCUT2D eigenvalue weighted by atomic mass is 10.2. The summed E-state index contributed by atoms with van der Waals surface area (Å²) in [6.07, 6.45) is 1.37. The largest absolute Gasteiger partial charge is 0.395 e. The fraction of sp³-hybridized carbons (Fsp3) is 0.158. The number of nitrogens with zero attached hydrogens (tertiary/aromatic N) is 2. The van der Waals surface area contributed by atoms with Crippen LogP contribution < -0.4 is 5.32 Å². The average Bonchev–Trinajstić information content (AvgIpc) is 2.66. The molecule has 28 heavy (non-hydrogen) atoms. The number of nitrogens with one attached hydrogen (secondary N) is 1. The minimum atomic E-state index is -4.33. The summed E-state index contributed by atoms with van der Waals surface area (Å²) in [6, 6.07) is 16.1. The van der Waals surface area contributed by atoms with Gasteiger partial charge in [-0.05, 0) is 29.8 Å². The first-order valence-corrected chi connectivity index (χ1v) is 9.67. The highest BCUT2D eigenvalue weighted by molar-refractivity contribution is 7.85. The zero-order chi connectivity index (χ0) is 20.6. The molecule has 9 heteroatoms. The summed E-state index contributed by atoms with van der Waals surface area (Å²) < 4.78 is 31.1. The van der Waals surface area contributed by atoms with Crippen molar-refractivity contribution in [3.8, 4) is 6.07 Å². The van der Waals surface area contributed by atoms with Crippen LogP contribution in [0.2, 0.25) is 0 Å². The second-order valence-corrected chi connectivity index (χ2v) is 7.21. The topological polar surface area (TPSA) is 131 Å². The predicted molar refractivity (Wildman–Crippen MR) is 103 cm³/mol. The number of hydrogen-bond donors (Lipinski definition) is 3. The van der Waals surface area contributed by atoms with Crippen molar-refractivity contribution in [1.82, 2.24) is 4.90 Å². The molecule has 0 aromatic heterocycles. The van der Waals surface area contributed by atoms with E-state index in [2.05, 4.69) is 5.32 Å². The lowest BCUT2D eigenvalue weighted by Gasteiger charge is -2.20. The van der Waals surface area contributed by atoms with E-state index in [1.54, 1.807) is 4.90 Å². The number of rotatable bonds is 8. The third-order valence-electron chi connectivity index (χ3n) is 3.70. The highest BCUT2D eigenvalue weighted by atomic mass is 32.2. The second kappa shape index (κ2) is 9.66. The Hall–Kier alpha value is -3.19. The van der Waals surface area contributed by atoms with Gasteiger partial charge in [-0.2, -0.15) is 13.7 Å². The molecule has 2 aromatic carbocycles. The molecule has 0 unspecified atom stereocenters. The van der Waals surface area contributed by atoms with Crippen LogP contribution in [0.15, 0.2) is 71.3 Å². The van der Waals surface area contributed by atoms with E-state index in [0.29, 0.717) is 6.54 Å². The Balaban J connectivity index is 2.14. The summed E-state index contributed by atoms with van der Waals surface area (Å²) in [6.45, 7) is 0.486. The number of carbonyl (C=O) groups excluding carboxylic acids is 1. The van der Waals surface area contributed by atoms with Gasteiger partial charge in [0.25, 0.3) is 16.0 Å². The molecule has 0 aliphatic carbocycles. The number of carbonyl (C=O) groups is 1. The van der Waals surface area contributed by atoms with Gasteiger partial charge in [-0.25, -0.2) is 0 Å². The molecule has 0 aliphatic heterocycles. The van der Waals surface area contributed by atoms with Gasteiger partial charge in [-0.1, -0.05) is 30.3 Å². The number of hydrogen-bond acceptors (Lipinski definition) is 6. The fourth-order valence-corrected chi connectivity index (χ4v) is 2.85. The maximum atomic E-state index is 12.4. The molecular formula is C19H19N3O5S. The molecular weight excluding hydrogens is 382 g/mol. The van der Waals surface area contributed by atoms with E-state index in [9.17, 15) is 23.6 Å². The summed E-state index contributed by atoms with van der Waals surface area (Å²) in [4.78, 5) is 13.7. The number of nitriles is 1. The van der Waals surface area contributed by atoms with Gasteiger partial charge in [0.05, 0.1) is 11.5 Å². The van der Waals surface area contributed by atoms with Crippen LogP contribution in [0.25, 0.3) is 0 Å². The maximum absolute atomic E-state index is 12.4. The molecule has 8 nitrogen and oxygen atoms in total. The second-order valence-electron chi connectivity index (χ2n) is 5.79. The van der Waals surface area contributed by atoms with Crippen molar-refractivity contribution in [3.05, 3.63) is 71.9 Å². The minimum absolute atomic E-state index is 0.152. The molecule has 0 saturated carbocycles. The number of amides is 1. The number of aliphatic hydroxyl groups excluding tert-OH is 1. The van der Waals surface area contributed by atoms with E-state index in [1.807, 2.05) is 36.4 Å². The summed E-state index contributed by atoms with van der Waals surface area (Å²) in [7, 11) is -4.33. The first-order valence-electron chi connectivity index (χ1n) is 8.23. The van der Waals surface area contributed by atoms with E-state index in [-0.39, 0.29) is 29.3 Å². The number of aliphatic hydroxyl groups is 1. The summed E-state index contributed by atoms with van der Waals surface area (Å²) >= 11 is 0. The Labute approximate surface area is 163 Å². The first kappa shape index (κ1) is 21.1. The third-order valence-corrected chi connectivity index (χ3v) is 4.57. The van der Waals surface area contributed by atoms with Crippen LogP contribution >= 0.6 is 0 Å². The van der Waals surface area contributed by atoms with Gasteiger partial charge in [-0.3, -0.25) is 9.35 Å². The Morgan fingerprint density at radius 2 is 1.79 bits per heavy atom. The molecule has 0 fully saturated rings. The van der Waals surface area contributed by atoms with Gasteiger partial charge in [0.15, 0.2) is 0 Å². The molecule has 0 aliphatic rings. The molecule has 0 saturated heterocycles. The fourth-order valence-electron chi connectivity index (χ4n) is 2.37. The van der Waals surface area contributed by atoms with Gasteiger partial charge in [0.2, 0.25) is 0 Å². The molecule has 146 valence electrons. The van der Waals surface area contributed by atoms with Crippen LogP contribution in [0.4, 0.5) is 5.69 Å². The van der Waals surface area contributed by atoms with Crippen molar-refractivity contribution < 1.29 is 22.9 Å². The quantitative estimate of drug-likeness (QED) is 0.349. The normalized spacial score (nSPS) is 11.5. The van der Waals surface area contributed by atoms with Crippen molar-refractivity contribution >= 4 is 21.7 Å². The maximum Gasteiger partial charge on any atom is 0.294 e. The van der Waals surface area contributed by atoms with E-state index in [1.165, 1.54) is 18.3 Å². The van der Waals surface area contributed by atoms with Crippen LogP contribution in [-0.2, 0) is 21.5 Å². The highest BCUT2D eigenvalue weighted by Gasteiger charge is 2.13. The highest BCUT2D eigenvalue weighted by Crippen LogP contribution is 2.15. The Morgan fingerprint density at radius 3 is 2.32 bits per heavy atom. The smallest absolute Gasteiger partial charge is 0.294 e. The SMILES string of the molecule is N#C/C(=C/N(CCO)Cc1ccccc1)C(=O)Nc1ccc(S(=O)(=O)O)cc1. The minimum Gasteiger partial charge on any atom is -0.395 e. The molecule has 3 N–H and O–H groups in total. The lowest BCUT2D eigenvalue weighted by molar-refractivity contribution is -0.112. The van der Waals surface area contributed by atoms with E-state index in [4.69, 9.17) is 4.55 Å². The van der Waals surface area contributed by atoms with E-state index in [0.717, 1.165) is 17.7 Å². The molecule has 0 bridgehead atoms. The molecule has 0 heterocycles. The number of benzene rings is 2. The lowest BCUT2D eigenvalue weighted by Crippen LogP contribution is -2.24. The van der Waals surface area contributed by atoms with Gasteiger partial charge >= 0.3 is 0 Å². The van der Waals surface area contributed by atoms with Gasteiger partial charge in [0.1, 0.15) is 11.6 Å². The standard InChI is InChI=1S/C19H19N3O5S/c20-12-16(14-22(10-11-23)13-15-4-2-1-3-5-15)19(24)21-17-6-8-18(9-7-17)28(25,26)27/h1-9,14,23H,10-11,13H2,(H,21,24)(H,25,26,27)/b16-14-.